The van der Waals surface area contributed by atoms with Crippen LogP contribution < -0.4 is 10.6 Å². The normalized spacial score (nSPS) is 19.6. The van der Waals surface area contributed by atoms with E-state index in [1.807, 2.05) is 30.3 Å². The molecule has 1 fully saturated rings. The van der Waals surface area contributed by atoms with E-state index in [4.69, 9.17) is 4.74 Å². The van der Waals surface area contributed by atoms with E-state index in [-0.39, 0.29) is 23.9 Å². The molecule has 0 spiro atoms. The lowest BCUT2D eigenvalue weighted by atomic mass is 9.95. The van der Waals surface area contributed by atoms with Crippen molar-refractivity contribution in [3.05, 3.63) is 36.5 Å². The van der Waals surface area contributed by atoms with E-state index in [2.05, 4.69) is 25.8 Å². The number of rotatable bonds is 4. The van der Waals surface area contributed by atoms with Crippen molar-refractivity contribution in [2.24, 2.45) is 5.92 Å². The Labute approximate surface area is 157 Å². The van der Waals surface area contributed by atoms with Crippen LogP contribution in [0.25, 0.3) is 11.3 Å². The highest BCUT2D eigenvalue weighted by molar-refractivity contribution is 5.88. The fourth-order valence-electron chi connectivity index (χ4n) is 3.32. The van der Waals surface area contributed by atoms with Crippen molar-refractivity contribution in [2.45, 2.75) is 38.1 Å². The molecule has 1 aromatic heterocycles. The Balaban J connectivity index is 1.67. The topological polar surface area (TPSA) is 106 Å². The highest BCUT2D eigenvalue weighted by atomic mass is 16.5. The summed E-state index contributed by atoms with van der Waals surface area (Å²) >= 11 is 0. The summed E-state index contributed by atoms with van der Waals surface area (Å²) in [4.78, 5) is 28.8. The number of carbonyl (C=O) groups is 2. The molecule has 27 heavy (non-hydrogen) atoms. The van der Waals surface area contributed by atoms with Gasteiger partial charge in [0.05, 0.1) is 24.9 Å². The van der Waals surface area contributed by atoms with E-state index in [1.165, 1.54) is 13.3 Å². The van der Waals surface area contributed by atoms with Gasteiger partial charge in [0.15, 0.2) is 0 Å². The molecule has 1 aliphatic rings. The summed E-state index contributed by atoms with van der Waals surface area (Å²) in [6, 6.07) is 8.79. The fraction of sp³-hybridized carbons (Fsp3) is 0.421. The molecule has 8 nitrogen and oxygen atoms in total. The Kier molecular flexibility index (Phi) is 6.30. The number of methoxy groups -OCH3 is 1. The van der Waals surface area contributed by atoms with Gasteiger partial charge in [-0.1, -0.05) is 49.6 Å². The van der Waals surface area contributed by atoms with Crippen molar-refractivity contribution in [2.75, 3.05) is 12.4 Å². The molecule has 3 rings (SSSR count). The molecule has 2 N–H and O–H groups in total. The highest BCUT2D eigenvalue weighted by Gasteiger charge is 2.31. The molecule has 2 aromatic rings. The second-order valence-corrected chi connectivity index (χ2v) is 6.50. The number of ether oxygens (including phenoxy) is 1. The van der Waals surface area contributed by atoms with Crippen LogP contribution in [0.3, 0.4) is 0 Å². The number of hydrogen-bond acceptors (Lipinski definition) is 6. The third-order valence-electron chi connectivity index (χ3n) is 4.69. The smallest absolute Gasteiger partial charge is 0.321 e. The quantitative estimate of drug-likeness (QED) is 0.634. The predicted molar refractivity (Wildman–Crippen MR) is 99.8 cm³/mol. The first-order valence-electron chi connectivity index (χ1n) is 9.08. The van der Waals surface area contributed by atoms with Crippen molar-refractivity contribution in [1.29, 1.82) is 0 Å². The maximum Gasteiger partial charge on any atom is 0.321 e. The van der Waals surface area contributed by atoms with Gasteiger partial charge < -0.3 is 10.1 Å². The van der Waals surface area contributed by atoms with Gasteiger partial charge in [-0.05, 0) is 12.8 Å². The Morgan fingerprint density at radius 2 is 1.89 bits per heavy atom. The van der Waals surface area contributed by atoms with Crippen molar-refractivity contribution in [3.63, 3.8) is 0 Å². The standard InChI is InChI=1S/C19H23N5O3/c1-27-17(25)14-10-6-3-7-11-15(14)22-19(26)23-18-21-16(12-20-24-18)13-8-4-2-5-9-13/h2,4-5,8-9,12,14-15H,3,6-7,10-11H2,1H3,(H2,21,22,23,24,26)/t14-,15-/m0/s1. The molecule has 0 saturated heterocycles. The second kappa shape index (κ2) is 9.07. The Morgan fingerprint density at radius 3 is 2.67 bits per heavy atom. The van der Waals surface area contributed by atoms with Crippen LogP contribution >= 0.6 is 0 Å². The van der Waals surface area contributed by atoms with E-state index in [0.29, 0.717) is 12.1 Å². The predicted octanol–water partition coefficient (Wildman–Crippen LogP) is 2.78. The molecule has 0 radical (unpaired) electrons. The molecular formula is C19H23N5O3. The number of nitrogens with one attached hydrogen (secondary N) is 2. The number of nitrogens with zero attached hydrogens (tertiary/aromatic N) is 3. The SMILES string of the molecule is COC(=O)[C@H]1CCCCC[C@@H]1NC(=O)Nc1nncc(-c2ccccc2)n1. The summed E-state index contributed by atoms with van der Waals surface area (Å²) in [5.41, 5.74) is 1.49. The van der Waals surface area contributed by atoms with Gasteiger partial charge in [-0.15, -0.1) is 5.10 Å². The van der Waals surface area contributed by atoms with E-state index in [9.17, 15) is 9.59 Å². The molecular weight excluding hydrogens is 346 g/mol. The molecule has 2 amide bonds. The van der Waals surface area contributed by atoms with Gasteiger partial charge in [-0.25, -0.2) is 9.78 Å². The maximum atomic E-state index is 12.4. The Hall–Kier alpha value is -3.03. The first kappa shape index (κ1) is 18.8. The molecule has 0 bridgehead atoms. The monoisotopic (exact) mass is 369 g/mol. The van der Waals surface area contributed by atoms with Crippen LogP contribution in [0.4, 0.5) is 10.7 Å². The minimum absolute atomic E-state index is 0.108. The van der Waals surface area contributed by atoms with Crippen LogP contribution in [0, 0.1) is 5.92 Å². The molecule has 2 atom stereocenters. The van der Waals surface area contributed by atoms with Crippen molar-refractivity contribution >= 4 is 17.9 Å². The van der Waals surface area contributed by atoms with E-state index < -0.39 is 6.03 Å². The Bertz CT molecular complexity index is 784. The molecule has 1 aromatic carbocycles. The Morgan fingerprint density at radius 1 is 1.11 bits per heavy atom. The first-order valence-corrected chi connectivity index (χ1v) is 9.08. The highest BCUT2D eigenvalue weighted by Crippen LogP contribution is 2.24. The number of aromatic nitrogens is 3. The molecule has 142 valence electrons. The molecule has 1 aliphatic carbocycles. The van der Waals surface area contributed by atoms with Gasteiger partial charge in [0.2, 0.25) is 0 Å². The van der Waals surface area contributed by atoms with Gasteiger partial charge in [0, 0.05) is 11.6 Å². The maximum absolute atomic E-state index is 12.4. The van der Waals surface area contributed by atoms with Crippen LogP contribution in [-0.2, 0) is 9.53 Å². The third-order valence-corrected chi connectivity index (χ3v) is 4.69. The largest absolute Gasteiger partial charge is 0.469 e. The van der Waals surface area contributed by atoms with Crippen molar-refractivity contribution < 1.29 is 14.3 Å². The van der Waals surface area contributed by atoms with Crippen LogP contribution in [0.5, 0.6) is 0 Å². The fourth-order valence-corrected chi connectivity index (χ4v) is 3.32. The van der Waals surface area contributed by atoms with E-state index >= 15 is 0 Å². The number of carbonyl (C=O) groups excluding carboxylic acids is 2. The van der Waals surface area contributed by atoms with Gasteiger partial charge in [0.25, 0.3) is 5.95 Å². The number of anilines is 1. The molecule has 1 saturated carbocycles. The third kappa shape index (κ3) is 4.99. The number of hydrogen-bond donors (Lipinski definition) is 2. The van der Waals surface area contributed by atoms with Gasteiger partial charge in [-0.2, -0.15) is 5.10 Å². The number of urea groups is 1. The summed E-state index contributed by atoms with van der Waals surface area (Å²) in [6.45, 7) is 0. The van der Waals surface area contributed by atoms with E-state index in [1.54, 1.807) is 0 Å². The second-order valence-electron chi connectivity index (χ2n) is 6.50. The van der Waals surface area contributed by atoms with Crippen LogP contribution in [-0.4, -0.2) is 40.3 Å². The van der Waals surface area contributed by atoms with Gasteiger partial charge >= 0.3 is 12.0 Å². The van der Waals surface area contributed by atoms with E-state index in [0.717, 1.165) is 31.2 Å². The lowest BCUT2D eigenvalue weighted by Gasteiger charge is -2.24. The summed E-state index contributed by atoms with van der Waals surface area (Å²) in [5.74, 6) is -0.513. The number of esters is 1. The van der Waals surface area contributed by atoms with Crippen LogP contribution in [0.2, 0.25) is 0 Å². The lowest BCUT2D eigenvalue weighted by Crippen LogP contribution is -2.45. The molecule has 8 heteroatoms. The zero-order valence-corrected chi connectivity index (χ0v) is 15.2. The summed E-state index contributed by atoms with van der Waals surface area (Å²) in [7, 11) is 1.37. The summed E-state index contributed by atoms with van der Waals surface area (Å²) in [5, 5.41) is 13.2. The first-order chi connectivity index (χ1) is 13.2. The van der Waals surface area contributed by atoms with Crippen molar-refractivity contribution in [1.82, 2.24) is 20.5 Å². The average molecular weight is 369 g/mol. The molecule has 0 unspecified atom stereocenters. The van der Waals surface area contributed by atoms with Crippen molar-refractivity contribution in [3.8, 4) is 11.3 Å². The zero-order chi connectivity index (χ0) is 19.1. The number of amides is 2. The summed E-state index contributed by atoms with van der Waals surface area (Å²) < 4.78 is 4.89. The van der Waals surface area contributed by atoms with Crippen LogP contribution in [0.15, 0.2) is 36.5 Å². The summed E-state index contributed by atoms with van der Waals surface area (Å²) in [6.07, 6.45) is 5.93. The molecule has 0 aliphatic heterocycles. The zero-order valence-electron chi connectivity index (χ0n) is 15.2. The lowest BCUT2D eigenvalue weighted by molar-refractivity contribution is -0.146. The van der Waals surface area contributed by atoms with Gasteiger partial charge in [0.1, 0.15) is 0 Å². The minimum Gasteiger partial charge on any atom is -0.469 e. The van der Waals surface area contributed by atoms with Gasteiger partial charge in [-0.3, -0.25) is 10.1 Å². The average Bonchev–Trinajstić information content (AvgIpc) is 2.93. The minimum atomic E-state index is -0.456. The molecule has 1 heterocycles. The van der Waals surface area contributed by atoms with Crippen LogP contribution in [0.1, 0.15) is 32.1 Å². The number of benzene rings is 1.